The summed E-state index contributed by atoms with van der Waals surface area (Å²) in [5, 5.41) is 4.94. The number of aryl methyl sites for hydroxylation is 1. The number of ether oxygens (including phenoxy) is 1. The van der Waals surface area contributed by atoms with Gasteiger partial charge in [-0.2, -0.15) is 5.10 Å². The molecular weight excluding hydrogens is 413 g/mol. The largest absolute Gasteiger partial charge is 0.423 e. The van der Waals surface area contributed by atoms with Crippen molar-refractivity contribution in [2.24, 2.45) is 5.10 Å². The molecule has 0 saturated carbocycles. The van der Waals surface area contributed by atoms with Gasteiger partial charge in [0.25, 0.3) is 0 Å². The Morgan fingerprint density at radius 2 is 1.74 bits per heavy atom. The topological polar surface area (TPSA) is 63.6 Å². The van der Waals surface area contributed by atoms with Gasteiger partial charge in [-0.25, -0.2) is 14.2 Å². The van der Waals surface area contributed by atoms with Crippen LogP contribution in [0.3, 0.4) is 0 Å². The van der Waals surface area contributed by atoms with Crippen LogP contribution in [0.1, 0.15) is 20.8 Å². The number of hydrogen-bond acceptors (Lipinski definition) is 6. The summed E-state index contributed by atoms with van der Waals surface area (Å²) in [5.74, 6) is -0.558. The summed E-state index contributed by atoms with van der Waals surface area (Å²) >= 11 is 1.54. The lowest BCUT2D eigenvalue weighted by molar-refractivity contribution is 0.0734. The summed E-state index contributed by atoms with van der Waals surface area (Å²) in [7, 11) is 0. The van der Waals surface area contributed by atoms with Gasteiger partial charge < -0.3 is 4.74 Å². The van der Waals surface area contributed by atoms with Crippen LogP contribution in [0, 0.1) is 12.7 Å². The molecule has 31 heavy (non-hydrogen) atoms. The van der Waals surface area contributed by atoms with E-state index in [1.54, 1.807) is 30.5 Å². The van der Waals surface area contributed by atoms with Crippen LogP contribution >= 0.6 is 11.3 Å². The second-order valence-electron chi connectivity index (χ2n) is 6.63. The normalized spacial score (nSPS) is 10.9. The van der Waals surface area contributed by atoms with Gasteiger partial charge in [0, 0.05) is 10.4 Å². The van der Waals surface area contributed by atoms with Crippen LogP contribution in [0.25, 0.3) is 11.3 Å². The number of hydrazone groups is 1. The fraction of sp³-hybridized carbons (Fsp3) is 0.0417. The Kier molecular flexibility index (Phi) is 6.14. The molecule has 0 aliphatic heterocycles. The molecule has 0 bridgehead atoms. The lowest BCUT2D eigenvalue weighted by Gasteiger charge is -2.04. The van der Waals surface area contributed by atoms with Gasteiger partial charge in [0.1, 0.15) is 11.6 Å². The molecule has 1 heterocycles. The van der Waals surface area contributed by atoms with E-state index in [2.05, 4.69) is 15.5 Å². The van der Waals surface area contributed by atoms with Crippen LogP contribution in [0.4, 0.5) is 9.52 Å². The third kappa shape index (κ3) is 5.21. The van der Waals surface area contributed by atoms with Crippen LogP contribution in [0.5, 0.6) is 5.75 Å². The zero-order valence-corrected chi connectivity index (χ0v) is 17.4. The van der Waals surface area contributed by atoms with Crippen molar-refractivity contribution in [2.75, 3.05) is 5.43 Å². The van der Waals surface area contributed by atoms with Crippen LogP contribution < -0.4 is 10.2 Å². The van der Waals surface area contributed by atoms with E-state index in [0.717, 1.165) is 21.7 Å². The molecule has 0 aliphatic carbocycles. The molecule has 0 saturated heterocycles. The van der Waals surface area contributed by atoms with Crippen molar-refractivity contribution in [1.29, 1.82) is 0 Å². The lowest BCUT2D eigenvalue weighted by Crippen LogP contribution is -2.08. The molecule has 0 fully saturated rings. The minimum absolute atomic E-state index is 0.282. The highest BCUT2D eigenvalue weighted by Gasteiger charge is 2.10. The molecular formula is C24H18FN3O2S. The highest BCUT2D eigenvalue weighted by molar-refractivity contribution is 7.15. The first-order valence-electron chi connectivity index (χ1n) is 9.48. The zero-order valence-electron chi connectivity index (χ0n) is 16.6. The second-order valence-corrected chi connectivity index (χ2v) is 7.83. The first-order chi connectivity index (χ1) is 15.1. The predicted octanol–water partition coefficient (Wildman–Crippen LogP) is 5.92. The average Bonchev–Trinajstić information content (AvgIpc) is 3.16. The summed E-state index contributed by atoms with van der Waals surface area (Å²) in [6.45, 7) is 2.03. The predicted molar refractivity (Wildman–Crippen MR) is 121 cm³/mol. The number of aromatic nitrogens is 1. The van der Waals surface area contributed by atoms with Crippen molar-refractivity contribution >= 4 is 28.7 Å². The van der Waals surface area contributed by atoms with Crippen LogP contribution in [-0.4, -0.2) is 17.2 Å². The minimum atomic E-state index is -0.545. The van der Waals surface area contributed by atoms with Crippen molar-refractivity contribution in [1.82, 2.24) is 4.98 Å². The summed E-state index contributed by atoms with van der Waals surface area (Å²) < 4.78 is 18.3. The van der Waals surface area contributed by atoms with Gasteiger partial charge in [-0.05, 0) is 61.0 Å². The number of rotatable bonds is 6. The van der Waals surface area contributed by atoms with Crippen molar-refractivity contribution < 1.29 is 13.9 Å². The van der Waals surface area contributed by atoms with E-state index in [9.17, 15) is 9.18 Å². The van der Waals surface area contributed by atoms with Gasteiger partial charge >= 0.3 is 5.97 Å². The molecule has 0 aliphatic rings. The number of halogens is 1. The molecule has 3 aromatic carbocycles. The molecule has 1 N–H and O–H groups in total. The number of anilines is 1. The number of hydrogen-bond donors (Lipinski definition) is 1. The molecule has 0 amide bonds. The first-order valence-corrected chi connectivity index (χ1v) is 10.3. The van der Waals surface area contributed by atoms with Crippen LogP contribution in [-0.2, 0) is 0 Å². The summed E-state index contributed by atoms with van der Waals surface area (Å²) in [4.78, 5) is 17.8. The fourth-order valence-corrected chi connectivity index (χ4v) is 3.63. The lowest BCUT2D eigenvalue weighted by atomic mass is 10.1. The summed E-state index contributed by atoms with van der Waals surface area (Å²) in [6.07, 6.45) is 1.66. The molecule has 4 rings (SSSR count). The van der Waals surface area contributed by atoms with E-state index in [0.29, 0.717) is 10.9 Å². The number of nitrogens with zero attached hydrogens (tertiary/aromatic N) is 2. The molecule has 0 spiro atoms. The highest BCUT2D eigenvalue weighted by atomic mass is 32.1. The van der Waals surface area contributed by atoms with Gasteiger partial charge in [-0.1, -0.05) is 30.3 Å². The maximum Gasteiger partial charge on any atom is 0.343 e. The number of thiazole rings is 1. The van der Waals surface area contributed by atoms with E-state index in [1.165, 1.54) is 35.6 Å². The molecule has 1 aromatic heterocycles. The number of esters is 1. The second kappa shape index (κ2) is 9.32. The van der Waals surface area contributed by atoms with Gasteiger partial charge in [0.15, 0.2) is 0 Å². The molecule has 154 valence electrons. The average molecular weight is 431 g/mol. The van der Waals surface area contributed by atoms with E-state index in [-0.39, 0.29) is 5.56 Å². The van der Waals surface area contributed by atoms with E-state index in [1.807, 2.05) is 37.3 Å². The Balaban J connectivity index is 1.36. The Labute approximate surface area is 182 Å². The fourth-order valence-electron chi connectivity index (χ4n) is 2.84. The van der Waals surface area contributed by atoms with Gasteiger partial charge in [0.2, 0.25) is 5.13 Å². The van der Waals surface area contributed by atoms with Crippen LogP contribution in [0.15, 0.2) is 84.0 Å². The molecule has 4 aromatic rings. The van der Waals surface area contributed by atoms with Gasteiger partial charge in [-0.15, -0.1) is 11.3 Å². The van der Waals surface area contributed by atoms with Crippen molar-refractivity contribution in [3.05, 3.63) is 101 Å². The third-order valence-electron chi connectivity index (χ3n) is 4.39. The highest BCUT2D eigenvalue weighted by Crippen LogP contribution is 2.30. The van der Waals surface area contributed by atoms with Gasteiger partial charge in [0.05, 0.1) is 17.5 Å². The SMILES string of the molecule is Cc1sc(NN=Cc2ccc(OC(=O)c3ccc(F)cc3)cc2)nc1-c1ccccc1. The van der Waals surface area contributed by atoms with Crippen molar-refractivity contribution in [2.45, 2.75) is 6.92 Å². The first kappa shape index (κ1) is 20.4. The maximum atomic E-state index is 13.0. The monoisotopic (exact) mass is 431 g/mol. The van der Waals surface area contributed by atoms with E-state index in [4.69, 9.17) is 4.74 Å². The molecule has 0 atom stereocenters. The molecule has 5 nitrogen and oxygen atoms in total. The third-order valence-corrected chi connectivity index (χ3v) is 5.26. The molecule has 0 unspecified atom stereocenters. The molecule has 0 radical (unpaired) electrons. The molecule has 7 heteroatoms. The standard InChI is InChI=1S/C24H18FN3O2S/c1-16-22(18-5-3-2-4-6-18)27-24(31-16)28-26-15-17-7-13-21(14-8-17)30-23(29)19-9-11-20(25)12-10-19/h2-15H,1H3,(H,27,28). The number of nitrogens with one attached hydrogen (secondary N) is 1. The van der Waals surface area contributed by atoms with E-state index < -0.39 is 11.8 Å². The Bertz CT molecular complexity index is 1200. The number of carbonyl (C=O) groups is 1. The summed E-state index contributed by atoms with van der Waals surface area (Å²) in [6, 6.07) is 22.1. The smallest absolute Gasteiger partial charge is 0.343 e. The van der Waals surface area contributed by atoms with E-state index >= 15 is 0 Å². The van der Waals surface area contributed by atoms with Gasteiger partial charge in [-0.3, -0.25) is 5.43 Å². The van der Waals surface area contributed by atoms with Crippen LogP contribution in [0.2, 0.25) is 0 Å². The van der Waals surface area contributed by atoms with Crippen molar-refractivity contribution in [3.63, 3.8) is 0 Å². The van der Waals surface area contributed by atoms with Crippen molar-refractivity contribution in [3.8, 4) is 17.0 Å². The zero-order chi connectivity index (χ0) is 21.6. The summed E-state index contributed by atoms with van der Waals surface area (Å²) in [5.41, 5.74) is 6.07. The Morgan fingerprint density at radius 1 is 1.03 bits per heavy atom. The number of benzene rings is 3. The maximum absolute atomic E-state index is 13.0. The quantitative estimate of drug-likeness (QED) is 0.178. The Morgan fingerprint density at radius 3 is 2.45 bits per heavy atom. The Hall–Kier alpha value is -3.84. The minimum Gasteiger partial charge on any atom is -0.423 e. The number of carbonyl (C=O) groups excluding carboxylic acids is 1.